The Balaban J connectivity index is 1.79. The number of carbonyl (C=O) groups is 3. The van der Waals surface area contributed by atoms with Crippen LogP contribution in [0.4, 0.5) is 9.59 Å². The van der Waals surface area contributed by atoms with Crippen molar-refractivity contribution in [3.05, 3.63) is 41.1 Å². The third-order valence-corrected chi connectivity index (χ3v) is 5.39. The fourth-order valence-corrected chi connectivity index (χ4v) is 3.80. The Bertz CT molecular complexity index is 931. The van der Waals surface area contributed by atoms with Gasteiger partial charge in [0.05, 0.1) is 25.8 Å². The third kappa shape index (κ3) is 6.16. The number of nitrogens with one attached hydrogen (secondary N) is 2. The van der Waals surface area contributed by atoms with E-state index >= 15 is 0 Å². The molecule has 1 aromatic carbocycles. The zero-order valence-corrected chi connectivity index (χ0v) is 19.8. The molecule has 33 heavy (non-hydrogen) atoms. The van der Waals surface area contributed by atoms with Gasteiger partial charge in [0.2, 0.25) is 0 Å². The summed E-state index contributed by atoms with van der Waals surface area (Å²) in [6.45, 7) is 7.96. The number of esters is 1. The molecule has 0 bridgehead atoms. The lowest BCUT2D eigenvalue weighted by Crippen LogP contribution is -2.53. The summed E-state index contributed by atoms with van der Waals surface area (Å²) in [5, 5.41) is 5.58. The summed E-state index contributed by atoms with van der Waals surface area (Å²) in [4.78, 5) is 41.3. The third-order valence-electron chi connectivity index (χ3n) is 5.39. The Morgan fingerprint density at radius 3 is 2.42 bits per heavy atom. The van der Waals surface area contributed by atoms with Crippen molar-refractivity contribution in [1.29, 1.82) is 0 Å². The molecule has 0 aromatic heterocycles. The van der Waals surface area contributed by atoms with Crippen LogP contribution in [0, 0.1) is 0 Å². The first-order valence-corrected chi connectivity index (χ1v) is 10.8. The van der Waals surface area contributed by atoms with E-state index in [0.717, 1.165) is 0 Å². The first-order chi connectivity index (χ1) is 15.6. The quantitative estimate of drug-likeness (QED) is 0.647. The van der Waals surface area contributed by atoms with E-state index < -0.39 is 23.6 Å². The van der Waals surface area contributed by atoms with Gasteiger partial charge in [0, 0.05) is 38.4 Å². The fraction of sp³-hybridized carbons (Fsp3) is 0.522. The van der Waals surface area contributed by atoms with Gasteiger partial charge in [0.1, 0.15) is 11.4 Å². The van der Waals surface area contributed by atoms with Crippen molar-refractivity contribution >= 4 is 18.1 Å². The van der Waals surface area contributed by atoms with Crippen molar-refractivity contribution in [2.45, 2.75) is 32.4 Å². The average Bonchev–Trinajstić information content (AvgIpc) is 2.77. The van der Waals surface area contributed by atoms with Crippen molar-refractivity contribution in [3.8, 4) is 5.75 Å². The molecular weight excluding hydrogens is 428 g/mol. The zero-order valence-electron chi connectivity index (χ0n) is 19.8. The number of benzene rings is 1. The van der Waals surface area contributed by atoms with Gasteiger partial charge in [-0.25, -0.2) is 14.4 Å². The number of ether oxygens (including phenoxy) is 3. The van der Waals surface area contributed by atoms with Crippen LogP contribution in [0.15, 0.2) is 35.5 Å². The highest BCUT2D eigenvalue weighted by molar-refractivity contribution is 5.95. The maximum atomic E-state index is 12.7. The lowest BCUT2D eigenvalue weighted by molar-refractivity contribution is -0.136. The van der Waals surface area contributed by atoms with Crippen molar-refractivity contribution < 1.29 is 28.6 Å². The Morgan fingerprint density at radius 1 is 1.12 bits per heavy atom. The molecule has 10 heteroatoms. The largest absolute Gasteiger partial charge is 0.497 e. The highest BCUT2D eigenvalue weighted by Crippen LogP contribution is 2.30. The molecule has 1 unspecified atom stereocenters. The lowest BCUT2D eigenvalue weighted by Gasteiger charge is -2.37. The van der Waals surface area contributed by atoms with Gasteiger partial charge in [-0.2, -0.15) is 0 Å². The van der Waals surface area contributed by atoms with Crippen molar-refractivity contribution in [3.63, 3.8) is 0 Å². The average molecular weight is 461 g/mol. The summed E-state index contributed by atoms with van der Waals surface area (Å²) in [5.74, 6) is 0.0852. The van der Waals surface area contributed by atoms with Crippen LogP contribution in [0.2, 0.25) is 0 Å². The van der Waals surface area contributed by atoms with E-state index in [1.165, 1.54) is 7.11 Å². The Morgan fingerprint density at radius 2 is 1.82 bits per heavy atom. The van der Waals surface area contributed by atoms with E-state index in [0.29, 0.717) is 55.3 Å². The highest BCUT2D eigenvalue weighted by Gasteiger charge is 2.35. The topological polar surface area (TPSA) is 109 Å². The number of rotatable bonds is 5. The molecule has 2 heterocycles. The van der Waals surface area contributed by atoms with E-state index in [4.69, 9.17) is 14.2 Å². The molecular formula is C23H32N4O6. The lowest BCUT2D eigenvalue weighted by atomic mass is 9.94. The van der Waals surface area contributed by atoms with Gasteiger partial charge in [-0.3, -0.25) is 4.90 Å². The normalized spacial score (nSPS) is 19.5. The number of hydrogen-bond acceptors (Lipinski definition) is 7. The van der Waals surface area contributed by atoms with Crippen molar-refractivity contribution in [1.82, 2.24) is 20.4 Å². The highest BCUT2D eigenvalue weighted by atomic mass is 16.6. The number of urea groups is 1. The second-order valence-electron chi connectivity index (χ2n) is 8.94. The molecule has 0 radical (unpaired) electrons. The van der Waals surface area contributed by atoms with E-state index in [2.05, 4.69) is 15.5 Å². The molecule has 0 saturated carbocycles. The minimum Gasteiger partial charge on any atom is -0.497 e. The number of nitrogens with zero attached hydrogens (tertiary/aromatic N) is 2. The number of carbonyl (C=O) groups excluding carboxylic acids is 3. The van der Waals surface area contributed by atoms with Gasteiger partial charge in [-0.15, -0.1) is 0 Å². The minimum absolute atomic E-state index is 0.333. The Kier molecular flexibility index (Phi) is 7.47. The monoisotopic (exact) mass is 460 g/mol. The van der Waals surface area contributed by atoms with Gasteiger partial charge in [0.15, 0.2) is 0 Å². The summed E-state index contributed by atoms with van der Waals surface area (Å²) in [7, 11) is 2.87. The summed E-state index contributed by atoms with van der Waals surface area (Å²) in [5.41, 5.74) is 0.962. The second-order valence-corrected chi connectivity index (χ2v) is 8.94. The summed E-state index contributed by atoms with van der Waals surface area (Å²) in [6.07, 6.45) is -0.343. The second kappa shape index (κ2) is 10.1. The van der Waals surface area contributed by atoms with Crippen molar-refractivity contribution in [2.75, 3.05) is 46.9 Å². The number of hydrogen-bond donors (Lipinski definition) is 2. The van der Waals surface area contributed by atoms with Crippen LogP contribution in [-0.2, 0) is 14.3 Å². The fourth-order valence-electron chi connectivity index (χ4n) is 3.80. The molecule has 1 atom stereocenters. The van der Waals surface area contributed by atoms with Crippen molar-refractivity contribution in [2.24, 2.45) is 0 Å². The van der Waals surface area contributed by atoms with Gasteiger partial charge in [0.25, 0.3) is 0 Å². The van der Waals surface area contributed by atoms with E-state index in [9.17, 15) is 14.4 Å². The molecule has 1 saturated heterocycles. The first kappa shape index (κ1) is 24.4. The maximum absolute atomic E-state index is 12.7. The molecule has 3 rings (SSSR count). The zero-order chi connectivity index (χ0) is 24.2. The van der Waals surface area contributed by atoms with Crippen LogP contribution < -0.4 is 15.4 Å². The molecule has 3 amide bonds. The minimum atomic E-state index is -0.681. The molecule has 180 valence electrons. The summed E-state index contributed by atoms with van der Waals surface area (Å²) in [6, 6.07) is 6.10. The molecule has 10 nitrogen and oxygen atoms in total. The van der Waals surface area contributed by atoms with Gasteiger partial charge in [-0.05, 0) is 38.5 Å². The number of methoxy groups -OCH3 is 2. The van der Waals surface area contributed by atoms with Crippen LogP contribution in [0.5, 0.6) is 5.75 Å². The standard InChI is InChI=1S/C23H32N4O6/c1-23(2,3)33-22(30)27-11-9-26(10-12-27)14-17-18(20(28)32-5)19(25-21(29)24-17)15-7-6-8-16(13-15)31-4/h6-8,13,19H,9-12,14H2,1-5H3,(H2,24,25,29). The van der Waals surface area contributed by atoms with Gasteiger partial charge < -0.3 is 29.7 Å². The molecule has 1 aromatic rings. The Hall–Kier alpha value is -3.27. The van der Waals surface area contributed by atoms with E-state index in [1.807, 2.05) is 26.8 Å². The van der Waals surface area contributed by atoms with Gasteiger partial charge in [-0.1, -0.05) is 12.1 Å². The molecule has 2 aliphatic rings. The predicted molar refractivity (Wildman–Crippen MR) is 121 cm³/mol. The summed E-state index contributed by atoms with van der Waals surface area (Å²) < 4.78 is 15.8. The number of piperazine rings is 1. The number of amides is 3. The van der Waals surface area contributed by atoms with E-state index in [-0.39, 0.29) is 6.09 Å². The van der Waals surface area contributed by atoms with Gasteiger partial charge >= 0.3 is 18.1 Å². The predicted octanol–water partition coefficient (Wildman–Crippen LogP) is 2.03. The summed E-state index contributed by atoms with van der Waals surface area (Å²) >= 11 is 0. The van der Waals surface area contributed by atoms with Crippen LogP contribution in [-0.4, -0.2) is 80.4 Å². The molecule has 1 fully saturated rings. The van der Waals surface area contributed by atoms with E-state index in [1.54, 1.807) is 30.2 Å². The molecule has 2 N–H and O–H groups in total. The Labute approximate surface area is 193 Å². The first-order valence-electron chi connectivity index (χ1n) is 10.8. The molecule has 0 aliphatic carbocycles. The van der Waals surface area contributed by atoms with Crippen LogP contribution in [0.25, 0.3) is 0 Å². The molecule has 0 spiro atoms. The molecule has 2 aliphatic heterocycles. The van der Waals surface area contributed by atoms with Crippen LogP contribution in [0.1, 0.15) is 32.4 Å². The smallest absolute Gasteiger partial charge is 0.410 e. The van der Waals surface area contributed by atoms with Crippen LogP contribution in [0.3, 0.4) is 0 Å². The SMILES string of the molecule is COC(=O)C1=C(CN2CCN(C(=O)OC(C)(C)C)CC2)NC(=O)NC1c1cccc(OC)c1. The maximum Gasteiger partial charge on any atom is 0.410 e. The van der Waals surface area contributed by atoms with Crippen LogP contribution >= 0.6 is 0 Å².